The van der Waals surface area contributed by atoms with Crippen molar-refractivity contribution in [3.05, 3.63) is 35.7 Å². The quantitative estimate of drug-likeness (QED) is 0.589. The summed E-state index contributed by atoms with van der Waals surface area (Å²) in [4.78, 5) is 4.01. The second-order valence-electron chi connectivity index (χ2n) is 3.91. The van der Waals surface area contributed by atoms with Crippen LogP contribution in [-0.4, -0.2) is 4.98 Å². The molecule has 13 heavy (non-hydrogen) atoms. The fourth-order valence-electron chi connectivity index (χ4n) is 1.08. The van der Waals surface area contributed by atoms with Crippen molar-refractivity contribution in [2.45, 2.75) is 27.2 Å². The fraction of sp³-hybridized carbons (Fsp3) is 0.417. The van der Waals surface area contributed by atoms with Gasteiger partial charge in [0.2, 0.25) is 0 Å². The number of hydrogen-bond donors (Lipinski definition) is 0. The van der Waals surface area contributed by atoms with Crippen LogP contribution in [0.2, 0.25) is 0 Å². The van der Waals surface area contributed by atoms with E-state index in [0.29, 0.717) is 0 Å². The Morgan fingerprint density at radius 3 is 2.62 bits per heavy atom. The van der Waals surface area contributed by atoms with Crippen LogP contribution in [0.4, 0.5) is 0 Å². The van der Waals surface area contributed by atoms with E-state index in [1.165, 1.54) is 11.1 Å². The number of rotatable bonds is 0. The smallest absolute Gasteiger partial charge is 0.0343 e. The van der Waals surface area contributed by atoms with E-state index < -0.39 is 0 Å². The summed E-state index contributed by atoms with van der Waals surface area (Å²) in [5.74, 6) is 0.833. The molecule has 0 bridgehead atoms. The van der Waals surface area contributed by atoms with Crippen molar-refractivity contribution < 1.29 is 0 Å². The van der Waals surface area contributed by atoms with Crippen molar-refractivity contribution in [2.75, 3.05) is 0 Å². The van der Waals surface area contributed by atoms with Crippen molar-refractivity contribution in [1.29, 1.82) is 0 Å². The third kappa shape index (κ3) is 3.41. The van der Waals surface area contributed by atoms with E-state index in [1.807, 2.05) is 12.4 Å². The van der Waals surface area contributed by atoms with Crippen LogP contribution in [0, 0.1) is 5.92 Å². The molecule has 0 amide bonds. The van der Waals surface area contributed by atoms with E-state index in [9.17, 15) is 0 Å². The Balaban J connectivity index is 0.000000184. The van der Waals surface area contributed by atoms with E-state index >= 15 is 0 Å². The van der Waals surface area contributed by atoms with E-state index in [1.54, 1.807) is 0 Å². The molecule has 1 aliphatic carbocycles. The van der Waals surface area contributed by atoms with Gasteiger partial charge in [0.1, 0.15) is 0 Å². The van der Waals surface area contributed by atoms with E-state index in [2.05, 4.69) is 44.0 Å². The maximum atomic E-state index is 4.01. The van der Waals surface area contributed by atoms with Crippen LogP contribution in [0.5, 0.6) is 0 Å². The van der Waals surface area contributed by atoms with Gasteiger partial charge < -0.3 is 0 Å². The van der Waals surface area contributed by atoms with Crippen LogP contribution in [0.25, 0.3) is 6.08 Å². The monoisotopic (exact) mass is 175 g/mol. The Bertz CT molecular complexity index is 284. The minimum atomic E-state index is 0.833. The normalized spacial score (nSPS) is 12.3. The minimum absolute atomic E-state index is 0.833. The molecule has 1 aliphatic rings. The average Bonchev–Trinajstić information content (AvgIpc) is 2.49. The van der Waals surface area contributed by atoms with Gasteiger partial charge in [-0.3, -0.25) is 4.98 Å². The summed E-state index contributed by atoms with van der Waals surface area (Å²) in [6.07, 6.45) is 9.09. The van der Waals surface area contributed by atoms with Crippen LogP contribution >= 0.6 is 0 Å². The highest BCUT2D eigenvalue weighted by molar-refractivity contribution is 5.58. The van der Waals surface area contributed by atoms with Gasteiger partial charge in [-0.2, -0.15) is 0 Å². The van der Waals surface area contributed by atoms with Crippen LogP contribution < -0.4 is 0 Å². The molecule has 1 heterocycles. The number of aromatic nitrogens is 1. The van der Waals surface area contributed by atoms with Gasteiger partial charge in [-0.15, -0.1) is 0 Å². The molecule has 0 fully saturated rings. The second kappa shape index (κ2) is 4.80. The lowest BCUT2D eigenvalue weighted by molar-refractivity contribution is 0.737. The van der Waals surface area contributed by atoms with Gasteiger partial charge in [-0.25, -0.2) is 0 Å². The highest BCUT2D eigenvalue weighted by atomic mass is 14.6. The molecule has 0 N–H and O–H groups in total. The summed E-state index contributed by atoms with van der Waals surface area (Å²) in [5.41, 5.74) is 2.67. The van der Waals surface area contributed by atoms with Crippen LogP contribution in [0.3, 0.4) is 0 Å². The van der Waals surface area contributed by atoms with E-state index in [0.717, 1.165) is 12.3 Å². The molecule has 0 aliphatic heterocycles. The SMILES string of the molecule is C1=Cc2cnccc2C1.CC(C)C. The molecule has 0 spiro atoms. The molecule has 2 rings (SSSR count). The number of nitrogens with zero attached hydrogens (tertiary/aromatic N) is 1. The summed E-state index contributed by atoms with van der Waals surface area (Å²) >= 11 is 0. The second-order valence-corrected chi connectivity index (χ2v) is 3.91. The van der Waals surface area contributed by atoms with E-state index in [4.69, 9.17) is 0 Å². The molecular weight excluding hydrogens is 158 g/mol. The molecule has 0 unspecified atom stereocenters. The van der Waals surface area contributed by atoms with E-state index in [-0.39, 0.29) is 0 Å². The Morgan fingerprint density at radius 2 is 2.00 bits per heavy atom. The topological polar surface area (TPSA) is 12.9 Å². The molecule has 70 valence electrons. The third-order valence-electron chi connectivity index (χ3n) is 1.58. The first-order chi connectivity index (χ1) is 6.20. The predicted octanol–water partition coefficient (Wildman–Crippen LogP) is 3.31. The van der Waals surface area contributed by atoms with Gasteiger partial charge in [0.25, 0.3) is 0 Å². The lowest BCUT2D eigenvalue weighted by Crippen LogP contribution is -1.80. The largest absolute Gasteiger partial charge is 0.264 e. The van der Waals surface area contributed by atoms with Gasteiger partial charge in [0.15, 0.2) is 0 Å². The zero-order valence-electron chi connectivity index (χ0n) is 8.62. The first-order valence-corrected chi connectivity index (χ1v) is 4.79. The zero-order valence-corrected chi connectivity index (χ0v) is 8.62. The lowest BCUT2D eigenvalue weighted by atomic mass is 10.2. The predicted molar refractivity (Wildman–Crippen MR) is 57.5 cm³/mol. The molecule has 0 radical (unpaired) electrons. The Kier molecular flexibility index (Phi) is 3.69. The van der Waals surface area contributed by atoms with Gasteiger partial charge in [-0.1, -0.05) is 32.9 Å². The Labute approximate surface area is 80.5 Å². The number of allylic oxidation sites excluding steroid dienone is 1. The maximum Gasteiger partial charge on any atom is 0.0343 e. The highest BCUT2D eigenvalue weighted by Crippen LogP contribution is 2.16. The molecule has 1 aromatic heterocycles. The molecule has 1 nitrogen and oxygen atoms in total. The minimum Gasteiger partial charge on any atom is -0.264 e. The molecule has 0 aromatic carbocycles. The molecule has 0 saturated heterocycles. The summed E-state index contributed by atoms with van der Waals surface area (Å²) in [7, 11) is 0. The van der Waals surface area contributed by atoms with Crippen LogP contribution in [0.15, 0.2) is 24.5 Å². The fourth-order valence-corrected chi connectivity index (χ4v) is 1.08. The van der Waals surface area contributed by atoms with Crippen molar-refractivity contribution in [3.8, 4) is 0 Å². The summed E-state index contributed by atoms with van der Waals surface area (Å²) in [6.45, 7) is 6.50. The van der Waals surface area contributed by atoms with Gasteiger partial charge >= 0.3 is 0 Å². The average molecular weight is 175 g/mol. The van der Waals surface area contributed by atoms with Crippen LogP contribution in [-0.2, 0) is 6.42 Å². The third-order valence-corrected chi connectivity index (χ3v) is 1.58. The molecule has 0 atom stereocenters. The van der Waals surface area contributed by atoms with Crippen LogP contribution in [0.1, 0.15) is 31.9 Å². The molecule has 1 aromatic rings. The van der Waals surface area contributed by atoms with Gasteiger partial charge in [0, 0.05) is 12.4 Å². The maximum absolute atomic E-state index is 4.01. The number of fused-ring (bicyclic) bond motifs is 1. The van der Waals surface area contributed by atoms with Crippen molar-refractivity contribution >= 4 is 6.08 Å². The first-order valence-electron chi connectivity index (χ1n) is 4.79. The lowest BCUT2D eigenvalue weighted by Gasteiger charge is -1.92. The van der Waals surface area contributed by atoms with Crippen molar-refractivity contribution in [1.82, 2.24) is 4.98 Å². The molecule has 1 heteroatoms. The summed E-state index contributed by atoms with van der Waals surface area (Å²) in [5, 5.41) is 0. The Hall–Kier alpha value is -1.11. The number of pyridine rings is 1. The Morgan fingerprint density at radius 1 is 1.31 bits per heavy atom. The molecule has 0 saturated carbocycles. The van der Waals surface area contributed by atoms with Crippen molar-refractivity contribution in [3.63, 3.8) is 0 Å². The summed E-state index contributed by atoms with van der Waals surface area (Å²) in [6, 6.07) is 2.06. The zero-order chi connectivity index (χ0) is 9.68. The standard InChI is InChI=1S/C8H7N.C4H10/c1-2-7-4-5-9-6-8(7)3-1;1-4(2)3/h1,3-6H,2H2;4H,1-3H3. The van der Waals surface area contributed by atoms with Crippen molar-refractivity contribution in [2.24, 2.45) is 5.92 Å². The first kappa shape index (κ1) is 9.97. The number of hydrogen-bond acceptors (Lipinski definition) is 1. The summed E-state index contributed by atoms with van der Waals surface area (Å²) < 4.78 is 0. The highest BCUT2D eigenvalue weighted by Gasteiger charge is 2.01. The van der Waals surface area contributed by atoms with Gasteiger partial charge in [0.05, 0.1) is 0 Å². The van der Waals surface area contributed by atoms with Gasteiger partial charge in [-0.05, 0) is 29.5 Å². The molecular formula is C12H17N.